The molecule has 1 rings (SSSR count). The fraction of sp³-hybridized carbons (Fsp3) is 0.500. The number of ether oxygens (including phenoxy) is 1. The molecule has 0 aliphatic carbocycles. The molecule has 96 valence electrons. The molecule has 0 saturated heterocycles. The molecule has 5 heteroatoms. The van der Waals surface area contributed by atoms with Crippen molar-refractivity contribution >= 4 is 0 Å². The normalized spacial score (nSPS) is 14.7. The number of nitrogens with one attached hydrogen (secondary N) is 1. The number of hydrogen-bond acceptors (Lipinski definition) is 3. The Hall–Kier alpha value is -1.20. The molecule has 1 atom stereocenters. The van der Waals surface area contributed by atoms with Gasteiger partial charge in [0.05, 0.1) is 12.1 Å². The summed E-state index contributed by atoms with van der Waals surface area (Å²) in [5.74, 6) is 0.0833. The van der Waals surface area contributed by atoms with E-state index in [9.17, 15) is 13.9 Å². The van der Waals surface area contributed by atoms with Gasteiger partial charge in [-0.25, -0.2) is 0 Å². The second-order valence-corrected chi connectivity index (χ2v) is 3.90. The molecule has 0 fully saturated rings. The van der Waals surface area contributed by atoms with Crippen molar-refractivity contribution < 1.29 is 18.6 Å². The van der Waals surface area contributed by atoms with Gasteiger partial charge in [0, 0.05) is 5.56 Å². The molecule has 0 radical (unpaired) electrons. The van der Waals surface area contributed by atoms with E-state index >= 15 is 0 Å². The highest BCUT2D eigenvalue weighted by atomic mass is 19.3. The van der Waals surface area contributed by atoms with Crippen LogP contribution in [0.4, 0.5) is 8.78 Å². The van der Waals surface area contributed by atoms with Crippen molar-refractivity contribution in [1.82, 2.24) is 5.32 Å². The quantitative estimate of drug-likeness (QED) is 0.806. The van der Waals surface area contributed by atoms with Crippen molar-refractivity contribution in [2.24, 2.45) is 0 Å². The van der Waals surface area contributed by atoms with Crippen molar-refractivity contribution in [2.75, 3.05) is 13.2 Å². The van der Waals surface area contributed by atoms with Crippen molar-refractivity contribution in [2.45, 2.75) is 26.0 Å². The van der Waals surface area contributed by atoms with Gasteiger partial charge >= 0.3 is 6.61 Å². The first-order valence-electron chi connectivity index (χ1n) is 5.43. The molecule has 1 unspecified atom stereocenters. The number of benzene rings is 1. The van der Waals surface area contributed by atoms with E-state index < -0.39 is 12.2 Å². The van der Waals surface area contributed by atoms with Gasteiger partial charge in [0.15, 0.2) is 0 Å². The molecule has 2 N–H and O–H groups in total. The maximum absolute atomic E-state index is 12.3. The van der Waals surface area contributed by atoms with Crippen LogP contribution in [0.3, 0.4) is 0 Å². The summed E-state index contributed by atoms with van der Waals surface area (Å²) < 4.78 is 29.0. The van der Waals surface area contributed by atoms with Gasteiger partial charge in [-0.1, -0.05) is 25.1 Å². The Balaban J connectivity index is 3.09. The molecule has 0 aliphatic heterocycles. The fourth-order valence-corrected chi connectivity index (χ4v) is 1.75. The SMILES string of the molecule is CCNC(C)(CO)c1ccccc1OC(F)F. The standard InChI is InChI=1S/C12H17F2NO2/c1-3-15-12(2,8-16)9-6-4-5-7-10(9)17-11(13)14/h4-7,11,15-16H,3,8H2,1-2H3. The van der Waals surface area contributed by atoms with Gasteiger partial charge in [0.2, 0.25) is 0 Å². The van der Waals surface area contributed by atoms with Crippen LogP contribution in [-0.2, 0) is 5.54 Å². The Morgan fingerprint density at radius 1 is 1.41 bits per heavy atom. The van der Waals surface area contributed by atoms with E-state index in [1.54, 1.807) is 25.1 Å². The van der Waals surface area contributed by atoms with Crippen molar-refractivity contribution in [3.8, 4) is 5.75 Å². The van der Waals surface area contributed by atoms with Crippen LogP contribution in [0, 0.1) is 0 Å². The average Bonchev–Trinajstić information content (AvgIpc) is 2.29. The molecular weight excluding hydrogens is 228 g/mol. The first kappa shape index (κ1) is 13.9. The topological polar surface area (TPSA) is 41.5 Å². The molecule has 0 aliphatic rings. The van der Waals surface area contributed by atoms with Crippen LogP contribution in [0.25, 0.3) is 0 Å². The zero-order valence-electron chi connectivity index (χ0n) is 9.91. The third-order valence-corrected chi connectivity index (χ3v) is 2.58. The fourth-order valence-electron chi connectivity index (χ4n) is 1.75. The highest BCUT2D eigenvalue weighted by molar-refractivity contribution is 5.39. The number of aliphatic hydroxyl groups excluding tert-OH is 1. The highest BCUT2D eigenvalue weighted by Crippen LogP contribution is 2.30. The van der Waals surface area contributed by atoms with Crippen LogP contribution >= 0.6 is 0 Å². The van der Waals surface area contributed by atoms with Crippen LogP contribution in [0.2, 0.25) is 0 Å². The second kappa shape index (κ2) is 5.93. The molecule has 0 heterocycles. The number of rotatable bonds is 6. The maximum atomic E-state index is 12.3. The van der Waals surface area contributed by atoms with Crippen molar-refractivity contribution in [3.63, 3.8) is 0 Å². The third kappa shape index (κ3) is 3.38. The Kier molecular flexibility index (Phi) is 4.84. The number of hydrogen-bond donors (Lipinski definition) is 2. The number of para-hydroxylation sites is 1. The minimum atomic E-state index is -2.87. The third-order valence-electron chi connectivity index (χ3n) is 2.58. The molecular formula is C12H17F2NO2. The van der Waals surface area contributed by atoms with Gasteiger partial charge in [-0.2, -0.15) is 8.78 Å². The van der Waals surface area contributed by atoms with E-state index in [0.29, 0.717) is 12.1 Å². The van der Waals surface area contributed by atoms with Crippen LogP contribution in [0.5, 0.6) is 5.75 Å². The summed E-state index contributed by atoms with van der Waals surface area (Å²) in [4.78, 5) is 0. The molecule has 1 aromatic rings. The predicted molar refractivity (Wildman–Crippen MR) is 61.2 cm³/mol. The maximum Gasteiger partial charge on any atom is 0.387 e. The largest absolute Gasteiger partial charge is 0.434 e. The van der Waals surface area contributed by atoms with Crippen molar-refractivity contribution in [1.29, 1.82) is 0 Å². The molecule has 17 heavy (non-hydrogen) atoms. The first-order chi connectivity index (χ1) is 8.03. The summed E-state index contributed by atoms with van der Waals surface area (Å²) in [6.45, 7) is 1.15. The number of likely N-dealkylation sites (N-methyl/N-ethyl adjacent to an activating group) is 1. The van der Waals surface area contributed by atoms with Gasteiger partial charge in [0.25, 0.3) is 0 Å². The van der Waals surface area contributed by atoms with Crippen LogP contribution in [-0.4, -0.2) is 24.9 Å². The zero-order valence-corrected chi connectivity index (χ0v) is 9.91. The summed E-state index contributed by atoms with van der Waals surface area (Å²) in [7, 11) is 0. The summed E-state index contributed by atoms with van der Waals surface area (Å²) in [5.41, 5.74) is -0.273. The number of alkyl halides is 2. The van der Waals surface area contributed by atoms with Gasteiger partial charge in [-0.3, -0.25) is 0 Å². The average molecular weight is 245 g/mol. The molecule has 0 spiro atoms. The van der Waals surface area contributed by atoms with E-state index in [0.717, 1.165) is 0 Å². The molecule has 0 saturated carbocycles. The first-order valence-corrected chi connectivity index (χ1v) is 5.43. The minimum absolute atomic E-state index is 0.0833. The summed E-state index contributed by atoms with van der Waals surface area (Å²) in [6, 6.07) is 6.47. The molecule has 3 nitrogen and oxygen atoms in total. The molecule has 1 aromatic carbocycles. The van der Waals surface area contributed by atoms with E-state index in [4.69, 9.17) is 0 Å². The Bertz CT molecular complexity index is 360. The molecule has 0 amide bonds. The van der Waals surface area contributed by atoms with Gasteiger partial charge in [-0.05, 0) is 19.5 Å². The Morgan fingerprint density at radius 3 is 2.59 bits per heavy atom. The Morgan fingerprint density at radius 2 is 2.06 bits per heavy atom. The zero-order chi connectivity index (χ0) is 12.9. The van der Waals surface area contributed by atoms with E-state index in [2.05, 4.69) is 10.1 Å². The van der Waals surface area contributed by atoms with E-state index in [1.807, 2.05) is 6.92 Å². The van der Waals surface area contributed by atoms with Crippen LogP contribution in [0.1, 0.15) is 19.4 Å². The lowest BCUT2D eigenvalue weighted by Gasteiger charge is -2.30. The molecule has 0 aromatic heterocycles. The van der Waals surface area contributed by atoms with E-state index in [1.165, 1.54) is 6.07 Å². The predicted octanol–water partition coefficient (Wildman–Crippen LogP) is 2.11. The smallest absolute Gasteiger partial charge is 0.387 e. The van der Waals surface area contributed by atoms with Gasteiger partial charge in [0.1, 0.15) is 5.75 Å². The monoisotopic (exact) mass is 245 g/mol. The van der Waals surface area contributed by atoms with Crippen molar-refractivity contribution in [3.05, 3.63) is 29.8 Å². The highest BCUT2D eigenvalue weighted by Gasteiger charge is 2.28. The van der Waals surface area contributed by atoms with Gasteiger partial charge in [-0.15, -0.1) is 0 Å². The van der Waals surface area contributed by atoms with Gasteiger partial charge < -0.3 is 15.2 Å². The lowest BCUT2D eigenvalue weighted by molar-refractivity contribution is -0.0515. The lowest BCUT2D eigenvalue weighted by atomic mass is 9.92. The summed E-state index contributed by atoms with van der Waals surface area (Å²) in [6.07, 6.45) is 0. The molecule has 0 bridgehead atoms. The van der Waals surface area contributed by atoms with Crippen LogP contribution in [0.15, 0.2) is 24.3 Å². The minimum Gasteiger partial charge on any atom is -0.434 e. The summed E-state index contributed by atoms with van der Waals surface area (Å²) in [5, 5.41) is 12.5. The van der Waals surface area contributed by atoms with E-state index in [-0.39, 0.29) is 12.4 Å². The Labute approximate surface area is 99.4 Å². The lowest BCUT2D eigenvalue weighted by Crippen LogP contribution is -2.43. The van der Waals surface area contributed by atoms with Crippen LogP contribution < -0.4 is 10.1 Å². The number of halogens is 2. The second-order valence-electron chi connectivity index (χ2n) is 3.90. The summed E-state index contributed by atoms with van der Waals surface area (Å²) >= 11 is 0. The number of aliphatic hydroxyl groups is 1.